The van der Waals surface area contributed by atoms with Crippen LogP contribution in [0.3, 0.4) is 0 Å². The standard InChI is InChI=1S/C21H22ClN7O2S/c1-11-5-21(19-13(4-18(22)32-19)17(30)9-31-21)6-14(26-11)16-8-29(28-27-16)7-15-12-2-3-23-20(12)25-10-24-15/h2-4,8,10-11,14,17,26,30H,5-7,9H2,1H3,(H,23,24,25)/t11-,14-,17+,21-/m0/s1. The summed E-state index contributed by atoms with van der Waals surface area (Å²) in [4.78, 5) is 12.8. The second-order valence-electron chi connectivity index (χ2n) is 8.59. The lowest BCUT2D eigenvalue weighted by Crippen LogP contribution is -2.50. The van der Waals surface area contributed by atoms with Gasteiger partial charge in [0.15, 0.2) is 0 Å². The summed E-state index contributed by atoms with van der Waals surface area (Å²) in [5.74, 6) is 0. The number of aromatic amines is 1. The van der Waals surface area contributed by atoms with E-state index in [0.717, 1.165) is 39.3 Å². The Balaban J connectivity index is 1.29. The molecule has 1 spiro atoms. The molecule has 9 nitrogen and oxygen atoms in total. The fraction of sp³-hybridized carbons (Fsp3) is 0.429. The SMILES string of the molecule is C[C@H]1C[C@@]2(C[C@@H](c3cn(Cc4ncnc5[nH]ccc45)nn3)N1)OC[C@@H](O)c1cc(Cl)sc12. The number of H-pyrrole nitrogens is 1. The third kappa shape index (κ3) is 3.34. The molecule has 6 rings (SSSR count). The monoisotopic (exact) mass is 471 g/mol. The molecule has 0 aromatic carbocycles. The number of rotatable bonds is 3. The molecule has 0 bridgehead atoms. The van der Waals surface area contributed by atoms with Crippen LogP contribution in [0, 0.1) is 0 Å². The molecule has 1 fully saturated rings. The summed E-state index contributed by atoms with van der Waals surface area (Å²) in [6, 6.07) is 4.01. The highest BCUT2D eigenvalue weighted by Crippen LogP contribution is 2.51. The molecule has 4 atom stereocenters. The largest absolute Gasteiger partial charge is 0.386 e. The summed E-state index contributed by atoms with van der Waals surface area (Å²) in [5, 5.41) is 23.8. The van der Waals surface area contributed by atoms with Crippen LogP contribution < -0.4 is 5.32 Å². The summed E-state index contributed by atoms with van der Waals surface area (Å²) in [5.41, 5.74) is 2.95. The number of ether oxygens (including phenoxy) is 1. The smallest absolute Gasteiger partial charge is 0.141 e. The zero-order valence-electron chi connectivity index (χ0n) is 17.3. The molecule has 0 amide bonds. The predicted molar refractivity (Wildman–Crippen MR) is 120 cm³/mol. The lowest BCUT2D eigenvalue weighted by Gasteiger charge is -2.46. The Bertz CT molecular complexity index is 1290. The van der Waals surface area contributed by atoms with Crippen molar-refractivity contribution in [3.63, 3.8) is 0 Å². The highest BCUT2D eigenvalue weighted by Gasteiger charge is 2.48. The van der Waals surface area contributed by atoms with E-state index in [1.807, 2.05) is 24.5 Å². The van der Waals surface area contributed by atoms with Gasteiger partial charge in [-0.25, -0.2) is 14.6 Å². The van der Waals surface area contributed by atoms with Gasteiger partial charge in [-0.1, -0.05) is 16.8 Å². The first kappa shape index (κ1) is 20.3. The van der Waals surface area contributed by atoms with E-state index in [1.54, 1.807) is 11.0 Å². The van der Waals surface area contributed by atoms with Crippen molar-refractivity contribution in [2.75, 3.05) is 6.61 Å². The van der Waals surface area contributed by atoms with Gasteiger partial charge in [-0.05, 0) is 25.5 Å². The number of aliphatic hydroxyl groups excluding tert-OH is 1. The minimum Gasteiger partial charge on any atom is -0.386 e. The molecule has 4 aromatic heterocycles. The van der Waals surface area contributed by atoms with Crippen molar-refractivity contribution in [1.82, 2.24) is 35.3 Å². The van der Waals surface area contributed by atoms with Crippen molar-refractivity contribution in [3.8, 4) is 0 Å². The number of nitrogens with one attached hydrogen (secondary N) is 2. The van der Waals surface area contributed by atoms with Gasteiger partial charge in [0, 0.05) is 34.5 Å². The first-order valence-corrected chi connectivity index (χ1v) is 11.7. The van der Waals surface area contributed by atoms with E-state index in [9.17, 15) is 5.11 Å². The lowest BCUT2D eigenvalue weighted by molar-refractivity contribution is -0.129. The first-order chi connectivity index (χ1) is 15.5. The zero-order valence-corrected chi connectivity index (χ0v) is 18.9. The van der Waals surface area contributed by atoms with Gasteiger partial charge in [0.1, 0.15) is 23.7 Å². The Hall–Kier alpha value is -2.37. The molecular weight excluding hydrogens is 450 g/mol. The molecule has 32 heavy (non-hydrogen) atoms. The van der Waals surface area contributed by atoms with Crippen LogP contribution >= 0.6 is 22.9 Å². The number of aliphatic hydroxyl groups is 1. The van der Waals surface area contributed by atoms with E-state index in [1.165, 1.54) is 11.3 Å². The van der Waals surface area contributed by atoms with Crippen LogP contribution in [0.1, 0.15) is 53.7 Å². The third-order valence-corrected chi connectivity index (χ3v) is 7.80. The number of hydrogen-bond donors (Lipinski definition) is 3. The average Bonchev–Trinajstić information content (AvgIpc) is 3.51. The van der Waals surface area contributed by atoms with E-state index in [2.05, 4.69) is 37.5 Å². The van der Waals surface area contributed by atoms with Crippen molar-refractivity contribution >= 4 is 34.0 Å². The summed E-state index contributed by atoms with van der Waals surface area (Å²) < 4.78 is 8.79. The Morgan fingerprint density at radius 3 is 3.19 bits per heavy atom. The summed E-state index contributed by atoms with van der Waals surface area (Å²) in [6.45, 7) is 2.92. The normalized spacial score (nSPS) is 27.8. The maximum Gasteiger partial charge on any atom is 0.141 e. The van der Waals surface area contributed by atoms with Gasteiger partial charge >= 0.3 is 0 Å². The molecular formula is C21H22ClN7O2S. The molecule has 0 saturated carbocycles. The summed E-state index contributed by atoms with van der Waals surface area (Å²) >= 11 is 7.82. The Morgan fingerprint density at radius 2 is 2.28 bits per heavy atom. The molecule has 6 heterocycles. The van der Waals surface area contributed by atoms with Gasteiger partial charge in [0.05, 0.1) is 41.1 Å². The zero-order chi connectivity index (χ0) is 21.9. The maximum atomic E-state index is 10.4. The van der Waals surface area contributed by atoms with E-state index in [4.69, 9.17) is 16.3 Å². The van der Waals surface area contributed by atoms with Crippen LogP contribution in [0.25, 0.3) is 11.0 Å². The molecule has 166 valence electrons. The van der Waals surface area contributed by atoms with Gasteiger partial charge in [-0.2, -0.15) is 0 Å². The fourth-order valence-electron chi connectivity index (χ4n) is 4.99. The van der Waals surface area contributed by atoms with Crippen LogP contribution in [-0.4, -0.2) is 47.7 Å². The van der Waals surface area contributed by atoms with Gasteiger partial charge in [-0.15, -0.1) is 16.4 Å². The Labute approximate surface area is 192 Å². The topological polar surface area (TPSA) is 114 Å². The first-order valence-electron chi connectivity index (χ1n) is 10.6. The lowest BCUT2D eigenvalue weighted by atomic mass is 9.79. The van der Waals surface area contributed by atoms with E-state index < -0.39 is 11.7 Å². The quantitative estimate of drug-likeness (QED) is 0.420. The van der Waals surface area contributed by atoms with Crippen LogP contribution in [0.15, 0.2) is 30.9 Å². The predicted octanol–water partition coefficient (Wildman–Crippen LogP) is 3.08. The molecule has 4 aromatic rings. The van der Waals surface area contributed by atoms with Gasteiger partial charge < -0.3 is 20.1 Å². The highest BCUT2D eigenvalue weighted by molar-refractivity contribution is 7.16. The summed E-state index contributed by atoms with van der Waals surface area (Å²) in [7, 11) is 0. The molecule has 11 heteroatoms. The van der Waals surface area contributed by atoms with Crippen LogP contribution in [0.5, 0.6) is 0 Å². The van der Waals surface area contributed by atoms with Gasteiger partial charge in [0.2, 0.25) is 0 Å². The average molecular weight is 472 g/mol. The second kappa shape index (κ2) is 7.60. The number of fused-ring (bicyclic) bond motifs is 3. The minimum atomic E-state index is -0.637. The molecule has 0 radical (unpaired) electrons. The maximum absolute atomic E-state index is 10.4. The highest BCUT2D eigenvalue weighted by atomic mass is 35.5. The molecule has 2 aliphatic rings. The van der Waals surface area contributed by atoms with Crippen molar-refractivity contribution in [3.05, 3.63) is 57.0 Å². The van der Waals surface area contributed by atoms with E-state index in [-0.39, 0.29) is 18.7 Å². The van der Waals surface area contributed by atoms with Crippen molar-refractivity contribution in [2.45, 2.75) is 50.1 Å². The fourth-order valence-corrected chi connectivity index (χ4v) is 6.44. The third-order valence-electron chi connectivity index (χ3n) is 6.34. The van der Waals surface area contributed by atoms with Crippen molar-refractivity contribution < 1.29 is 9.84 Å². The number of halogens is 1. The molecule has 0 unspecified atom stereocenters. The van der Waals surface area contributed by atoms with Gasteiger partial charge in [0.25, 0.3) is 0 Å². The van der Waals surface area contributed by atoms with E-state index >= 15 is 0 Å². The Kier molecular flexibility index (Phi) is 4.81. The van der Waals surface area contributed by atoms with Crippen LogP contribution in [0.2, 0.25) is 4.34 Å². The molecule has 3 N–H and O–H groups in total. The van der Waals surface area contributed by atoms with Crippen molar-refractivity contribution in [1.29, 1.82) is 0 Å². The minimum absolute atomic E-state index is 0.0332. The van der Waals surface area contributed by atoms with Crippen molar-refractivity contribution in [2.24, 2.45) is 0 Å². The van der Waals surface area contributed by atoms with E-state index in [0.29, 0.717) is 17.3 Å². The molecule has 1 saturated heterocycles. The molecule has 0 aliphatic carbocycles. The number of nitrogens with zero attached hydrogens (tertiary/aromatic N) is 5. The second-order valence-corrected chi connectivity index (χ2v) is 10.3. The van der Waals surface area contributed by atoms with Gasteiger partial charge in [-0.3, -0.25) is 0 Å². The summed E-state index contributed by atoms with van der Waals surface area (Å²) in [6.07, 6.45) is 6.24. The number of piperidine rings is 1. The molecule has 2 aliphatic heterocycles. The number of thiophene rings is 1. The Morgan fingerprint density at radius 1 is 1.38 bits per heavy atom. The van der Waals surface area contributed by atoms with Crippen LogP contribution in [0.4, 0.5) is 0 Å². The number of aromatic nitrogens is 6. The van der Waals surface area contributed by atoms with Crippen LogP contribution in [-0.2, 0) is 16.9 Å². The number of hydrogen-bond acceptors (Lipinski definition) is 8.